The first-order chi connectivity index (χ1) is 16.9. The summed E-state index contributed by atoms with van der Waals surface area (Å²) >= 11 is 0. The molecule has 3 rings (SSSR count). The van der Waals surface area contributed by atoms with Crippen LogP contribution in [0.2, 0.25) is 18.1 Å². The number of nitrogens with one attached hydrogen (secondary N) is 1. The van der Waals surface area contributed by atoms with Gasteiger partial charge in [0, 0.05) is 20.0 Å². The number of benzene rings is 2. The maximum Gasteiger partial charge on any atom is 0.338 e. The largest absolute Gasteiger partial charge is 0.460 e. The third-order valence-corrected chi connectivity index (χ3v) is 11.8. The molecule has 1 amide bonds. The molecule has 1 aliphatic rings. The average molecular weight is 515 g/mol. The van der Waals surface area contributed by atoms with E-state index in [4.69, 9.17) is 9.16 Å². The molecule has 4 atom stereocenters. The number of alkyl halides is 1. The highest BCUT2D eigenvalue weighted by molar-refractivity contribution is 6.74. The second kappa shape index (κ2) is 11.7. The third-order valence-electron chi connectivity index (χ3n) is 7.31. The van der Waals surface area contributed by atoms with Crippen molar-refractivity contribution in [3.05, 3.63) is 71.8 Å². The zero-order valence-electron chi connectivity index (χ0n) is 22.2. The number of rotatable bonds is 9. The van der Waals surface area contributed by atoms with Crippen LogP contribution in [0, 0.1) is 0 Å². The first-order valence-corrected chi connectivity index (χ1v) is 15.4. The van der Waals surface area contributed by atoms with E-state index in [9.17, 15) is 9.59 Å². The lowest BCUT2D eigenvalue weighted by atomic mass is 10.1. The molecule has 8 heteroatoms. The number of halogens is 1. The van der Waals surface area contributed by atoms with Crippen LogP contribution in [0.15, 0.2) is 60.7 Å². The van der Waals surface area contributed by atoms with Gasteiger partial charge in [-0.1, -0.05) is 69.3 Å². The van der Waals surface area contributed by atoms with Crippen LogP contribution in [-0.2, 0) is 20.5 Å². The van der Waals surface area contributed by atoms with Gasteiger partial charge >= 0.3 is 5.97 Å². The van der Waals surface area contributed by atoms with Gasteiger partial charge in [0.1, 0.15) is 12.8 Å². The van der Waals surface area contributed by atoms with Crippen LogP contribution >= 0.6 is 0 Å². The Morgan fingerprint density at radius 2 is 1.58 bits per heavy atom. The summed E-state index contributed by atoms with van der Waals surface area (Å²) in [7, 11) is -2.36. The number of carbonyl (C=O) groups is 2. The van der Waals surface area contributed by atoms with Crippen molar-refractivity contribution in [1.29, 1.82) is 0 Å². The van der Waals surface area contributed by atoms with Crippen LogP contribution in [0.3, 0.4) is 0 Å². The Morgan fingerprint density at radius 3 is 2.14 bits per heavy atom. The lowest BCUT2D eigenvalue weighted by Crippen LogP contribution is -2.50. The maximum atomic E-state index is 16.2. The maximum absolute atomic E-state index is 16.2. The highest BCUT2D eigenvalue weighted by Gasteiger charge is 2.53. The van der Waals surface area contributed by atoms with Gasteiger partial charge in [-0.25, -0.2) is 9.18 Å². The smallest absolute Gasteiger partial charge is 0.338 e. The molecule has 0 radical (unpaired) electrons. The Morgan fingerprint density at radius 1 is 1.00 bits per heavy atom. The fraction of sp³-hybridized carbons (Fsp3) is 0.500. The van der Waals surface area contributed by atoms with E-state index in [1.807, 2.05) is 41.3 Å². The van der Waals surface area contributed by atoms with Crippen molar-refractivity contribution >= 4 is 20.2 Å². The molecule has 1 fully saturated rings. The molecule has 2 aromatic carbocycles. The van der Waals surface area contributed by atoms with Crippen molar-refractivity contribution in [2.75, 3.05) is 13.2 Å². The summed E-state index contributed by atoms with van der Waals surface area (Å²) in [6.07, 6.45) is -2.16. The molecule has 2 aromatic rings. The van der Waals surface area contributed by atoms with Gasteiger partial charge in [0.15, 0.2) is 8.32 Å². The summed E-state index contributed by atoms with van der Waals surface area (Å²) in [5.41, 5.74) is 1.45. The van der Waals surface area contributed by atoms with E-state index in [0.29, 0.717) is 12.1 Å². The lowest BCUT2D eigenvalue weighted by Gasteiger charge is -2.40. The van der Waals surface area contributed by atoms with E-state index in [1.54, 1.807) is 24.3 Å². The highest BCUT2D eigenvalue weighted by Crippen LogP contribution is 2.41. The lowest BCUT2D eigenvalue weighted by molar-refractivity contribution is -0.119. The van der Waals surface area contributed by atoms with Gasteiger partial charge in [-0.15, -0.1) is 0 Å². The van der Waals surface area contributed by atoms with Crippen molar-refractivity contribution in [2.24, 2.45) is 0 Å². The number of hydrogen-bond acceptors (Lipinski definition) is 5. The average Bonchev–Trinajstić information content (AvgIpc) is 3.05. The molecule has 0 aromatic heterocycles. The van der Waals surface area contributed by atoms with Crippen LogP contribution in [0.25, 0.3) is 0 Å². The van der Waals surface area contributed by atoms with E-state index in [1.165, 1.54) is 6.92 Å². The van der Waals surface area contributed by atoms with Crippen molar-refractivity contribution in [1.82, 2.24) is 10.2 Å². The quantitative estimate of drug-likeness (QED) is 0.378. The van der Waals surface area contributed by atoms with Crippen molar-refractivity contribution in [3.63, 3.8) is 0 Å². The Bertz CT molecular complexity index is 1010. The molecule has 1 heterocycles. The van der Waals surface area contributed by atoms with E-state index in [0.717, 1.165) is 5.56 Å². The number of likely N-dealkylation sites (tertiary alicyclic amines) is 1. The normalized spacial score (nSPS) is 22.9. The molecule has 196 valence electrons. The van der Waals surface area contributed by atoms with E-state index in [-0.39, 0.29) is 24.1 Å². The molecule has 36 heavy (non-hydrogen) atoms. The van der Waals surface area contributed by atoms with Crippen LogP contribution in [0.4, 0.5) is 4.39 Å². The van der Waals surface area contributed by atoms with Crippen LogP contribution in [0.5, 0.6) is 0 Å². The Balaban J connectivity index is 1.94. The fourth-order valence-corrected chi connectivity index (χ4v) is 5.55. The van der Waals surface area contributed by atoms with Gasteiger partial charge in [0.25, 0.3) is 0 Å². The first kappa shape index (κ1) is 28.0. The van der Waals surface area contributed by atoms with Gasteiger partial charge < -0.3 is 14.5 Å². The van der Waals surface area contributed by atoms with Crippen LogP contribution in [0.1, 0.15) is 43.6 Å². The number of nitrogens with zero attached hydrogens (tertiary/aromatic N) is 1. The summed E-state index contributed by atoms with van der Waals surface area (Å²) in [5, 5.41) is 2.66. The second-order valence-corrected chi connectivity index (χ2v) is 15.7. The molecule has 0 saturated carbocycles. The Hall–Kier alpha value is -2.55. The molecule has 6 nitrogen and oxygen atoms in total. The number of amides is 1. The predicted molar refractivity (Wildman–Crippen MR) is 142 cm³/mol. The summed E-state index contributed by atoms with van der Waals surface area (Å²) in [5.74, 6) is -0.676. The van der Waals surface area contributed by atoms with Crippen LogP contribution in [-0.4, -0.2) is 62.6 Å². The number of ether oxygens (including phenoxy) is 1. The molecule has 1 saturated heterocycles. The Labute approximate surface area is 215 Å². The van der Waals surface area contributed by atoms with Gasteiger partial charge in [-0.05, 0) is 35.8 Å². The summed E-state index contributed by atoms with van der Waals surface area (Å²) in [6.45, 7) is 12.5. The van der Waals surface area contributed by atoms with Gasteiger partial charge in [0.05, 0.1) is 23.8 Å². The zero-order chi connectivity index (χ0) is 26.5. The summed E-state index contributed by atoms with van der Waals surface area (Å²) < 4.78 is 28.6. The van der Waals surface area contributed by atoms with Crippen molar-refractivity contribution in [2.45, 2.75) is 76.7 Å². The number of hydrogen-bond donors (Lipinski definition) is 1. The molecular formula is C28H39FN2O4Si. The van der Waals surface area contributed by atoms with Crippen LogP contribution < -0.4 is 5.32 Å². The molecule has 0 bridgehead atoms. The molecule has 0 spiro atoms. The summed E-state index contributed by atoms with van der Waals surface area (Å²) in [4.78, 5) is 26.5. The minimum Gasteiger partial charge on any atom is -0.460 e. The van der Waals surface area contributed by atoms with Gasteiger partial charge in [0.2, 0.25) is 5.91 Å². The minimum absolute atomic E-state index is 0.0170. The zero-order valence-corrected chi connectivity index (χ0v) is 23.2. The fourth-order valence-electron chi connectivity index (χ4n) is 4.23. The molecular weight excluding hydrogens is 475 g/mol. The monoisotopic (exact) mass is 514 g/mol. The van der Waals surface area contributed by atoms with E-state index < -0.39 is 38.6 Å². The van der Waals surface area contributed by atoms with Gasteiger partial charge in [-0.3, -0.25) is 9.69 Å². The van der Waals surface area contributed by atoms with E-state index >= 15 is 4.39 Å². The topological polar surface area (TPSA) is 67.9 Å². The third kappa shape index (κ3) is 6.81. The number of esters is 1. The van der Waals surface area contributed by atoms with Gasteiger partial charge in [-0.2, -0.15) is 0 Å². The van der Waals surface area contributed by atoms with Crippen molar-refractivity contribution < 1.29 is 23.1 Å². The SMILES string of the molecule is CC(=O)NC[C@@H]1[C@@H](F)[C@H](O[Si](C)(C)C(C)(C)C)[C@@H](COC(=O)c2ccccc2)N1Cc1ccccc1. The highest BCUT2D eigenvalue weighted by atomic mass is 28.4. The Kier molecular flexibility index (Phi) is 9.08. The molecule has 0 unspecified atom stereocenters. The standard InChI is InChI=1S/C28H39FN2O4Si/c1-20(32)30-17-23-25(29)26(35-36(5,6)28(2,3)4)24(31(23)18-21-13-9-7-10-14-21)19-34-27(33)22-15-11-8-12-16-22/h7-16,23-26H,17-19H2,1-6H3,(H,30,32)/t23-,24-,25-,26-/m1/s1. The molecule has 1 aliphatic heterocycles. The van der Waals surface area contributed by atoms with Crippen molar-refractivity contribution in [3.8, 4) is 0 Å². The molecule has 1 N–H and O–H groups in total. The number of carbonyl (C=O) groups excluding carboxylic acids is 2. The minimum atomic E-state index is -2.36. The predicted octanol–water partition coefficient (Wildman–Crippen LogP) is 4.96. The van der Waals surface area contributed by atoms with E-state index in [2.05, 4.69) is 39.2 Å². The summed E-state index contributed by atoms with van der Waals surface area (Å²) in [6, 6.07) is 17.4. The first-order valence-electron chi connectivity index (χ1n) is 12.5. The second-order valence-electron chi connectivity index (χ2n) is 11.0. The molecule has 0 aliphatic carbocycles.